The van der Waals surface area contributed by atoms with Gasteiger partial charge in [0.1, 0.15) is 11.5 Å². The standard InChI is InChI=1S/C25H24N4O5/c1-17-7-11-19(12-8-17)27-23(30)16-34-20-13-9-18(10-14-20)15-26-29-25(32)24(31)28-21-5-3-4-6-22(21)33-2/h3-15H,16H2,1-2H3,(H,27,30)(H,28,31)(H,29,32)/b26-15-. The Morgan fingerprint density at radius 1 is 0.882 bits per heavy atom. The molecule has 3 aromatic carbocycles. The summed E-state index contributed by atoms with van der Waals surface area (Å²) in [5.74, 6) is -1.15. The predicted octanol–water partition coefficient (Wildman–Crippen LogP) is 3.11. The van der Waals surface area contributed by atoms with Crippen LogP contribution in [0.2, 0.25) is 0 Å². The Balaban J connectivity index is 1.44. The lowest BCUT2D eigenvalue weighted by Crippen LogP contribution is -2.32. The van der Waals surface area contributed by atoms with Crippen molar-refractivity contribution in [3.05, 3.63) is 83.9 Å². The molecule has 9 nitrogen and oxygen atoms in total. The van der Waals surface area contributed by atoms with Gasteiger partial charge in [0.25, 0.3) is 5.91 Å². The molecule has 0 heterocycles. The molecule has 0 aliphatic carbocycles. The number of carbonyl (C=O) groups is 3. The molecular formula is C25H24N4O5. The monoisotopic (exact) mass is 460 g/mol. The number of para-hydroxylation sites is 2. The van der Waals surface area contributed by atoms with Gasteiger partial charge in [-0.1, -0.05) is 29.8 Å². The normalized spacial score (nSPS) is 10.4. The van der Waals surface area contributed by atoms with Crippen LogP contribution >= 0.6 is 0 Å². The first-order chi connectivity index (χ1) is 16.4. The number of nitrogens with zero attached hydrogens (tertiary/aromatic N) is 1. The molecule has 0 aromatic heterocycles. The Bertz CT molecular complexity index is 1170. The summed E-state index contributed by atoms with van der Waals surface area (Å²) in [4.78, 5) is 36.0. The van der Waals surface area contributed by atoms with Crippen molar-refractivity contribution < 1.29 is 23.9 Å². The first kappa shape index (κ1) is 24.0. The van der Waals surface area contributed by atoms with Gasteiger partial charge in [-0.25, -0.2) is 5.43 Å². The average molecular weight is 460 g/mol. The quantitative estimate of drug-likeness (QED) is 0.271. The van der Waals surface area contributed by atoms with E-state index in [-0.39, 0.29) is 12.5 Å². The molecule has 174 valence electrons. The molecular weight excluding hydrogens is 436 g/mol. The number of methoxy groups -OCH3 is 1. The van der Waals surface area contributed by atoms with Crippen LogP contribution in [0.15, 0.2) is 77.9 Å². The van der Waals surface area contributed by atoms with Crippen LogP contribution in [0.1, 0.15) is 11.1 Å². The third kappa shape index (κ3) is 7.20. The van der Waals surface area contributed by atoms with E-state index in [9.17, 15) is 14.4 Å². The summed E-state index contributed by atoms with van der Waals surface area (Å²) in [5, 5.41) is 9.00. The summed E-state index contributed by atoms with van der Waals surface area (Å²) in [6, 6.07) is 20.9. The molecule has 0 aliphatic rings. The van der Waals surface area contributed by atoms with Gasteiger partial charge in [0, 0.05) is 5.69 Å². The van der Waals surface area contributed by atoms with Gasteiger partial charge >= 0.3 is 11.8 Å². The zero-order valence-corrected chi connectivity index (χ0v) is 18.7. The molecule has 0 aliphatic heterocycles. The van der Waals surface area contributed by atoms with Crippen molar-refractivity contribution >= 4 is 35.3 Å². The van der Waals surface area contributed by atoms with Crippen LogP contribution in [0.3, 0.4) is 0 Å². The first-order valence-corrected chi connectivity index (χ1v) is 10.3. The van der Waals surface area contributed by atoms with E-state index >= 15 is 0 Å². The second-order valence-corrected chi connectivity index (χ2v) is 7.13. The summed E-state index contributed by atoms with van der Waals surface area (Å²) in [6.45, 7) is 1.83. The molecule has 0 saturated carbocycles. The van der Waals surface area contributed by atoms with Crippen LogP contribution < -0.4 is 25.5 Å². The highest BCUT2D eigenvalue weighted by Gasteiger charge is 2.14. The van der Waals surface area contributed by atoms with E-state index in [2.05, 4.69) is 21.2 Å². The van der Waals surface area contributed by atoms with Crippen LogP contribution in [0.4, 0.5) is 11.4 Å². The number of hydrazone groups is 1. The Morgan fingerprint density at radius 3 is 2.29 bits per heavy atom. The third-order valence-electron chi connectivity index (χ3n) is 4.53. The maximum atomic E-state index is 12.0. The van der Waals surface area contributed by atoms with E-state index in [1.165, 1.54) is 13.3 Å². The molecule has 34 heavy (non-hydrogen) atoms. The van der Waals surface area contributed by atoms with Crippen molar-refractivity contribution in [3.8, 4) is 11.5 Å². The van der Waals surface area contributed by atoms with Gasteiger partial charge in [0.05, 0.1) is 19.0 Å². The fourth-order valence-electron chi connectivity index (χ4n) is 2.78. The molecule has 3 amide bonds. The van der Waals surface area contributed by atoms with E-state index in [4.69, 9.17) is 9.47 Å². The van der Waals surface area contributed by atoms with E-state index in [0.29, 0.717) is 28.4 Å². The minimum atomic E-state index is -0.929. The number of ether oxygens (including phenoxy) is 2. The van der Waals surface area contributed by atoms with Gasteiger partial charge in [-0.2, -0.15) is 5.10 Å². The Kier molecular flexibility index (Phi) is 8.34. The summed E-state index contributed by atoms with van der Waals surface area (Å²) in [6.07, 6.45) is 1.38. The average Bonchev–Trinajstić information content (AvgIpc) is 2.85. The van der Waals surface area contributed by atoms with Crippen LogP contribution in [0, 0.1) is 6.92 Å². The van der Waals surface area contributed by atoms with Gasteiger partial charge in [-0.05, 0) is 61.0 Å². The zero-order chi connectivity index (χ0) is 24.3. The molecule has 0 fully saturated rings. The largest absolute Gasteiger partial charge is 0.495 e. The summed E-state index contributed by atoms with van der Waals surface area (Å²) >= 11 is 0. The number of aryl methyl sites for hydroxylation is 1. The van der Waals surface area contributed by atoms with Crippen LogP contribution in [0.5, 0.6) is 11.5 Å². The lowest BCUT2D eigenvalue weighted by atomic mass is 10.2. The van der Waals surface area contributed by atoms with Crippen molar-refractivity contribution in [2.45, 2.75) is 6.92 Å². The van der Waals surface area contributed by atoms with Gasteiger partial charge in [-0.15, -0.1) is 0 Å². The molecule has 0 unspecified atom stereocenters. The first-order valence-electron chi connectivity index (χ1n) is 10.3. The predicted molar refractivity (Wildman–Crippen MR) is 129 cm³/mol. The minimum Gasteiger partial charge on any atom is -0.495 e. The number of anilines is 2. The SMILES string of the molecule is COc1ccccc1NC(=O)C(=O)N/N=C\c1ccc(OCC(=O)Nc2ccc(C)cc2)cc1. The number of amides is 3. The number of nitrogens with one attached hydrogen (secondary N) is 3. The molecule has 3 N–H and O–H groups in total. The number of hydrogen-bond acceptors (Lipinski definition) is 6. The topological polar surface area (TPSA) is 118 Å². The second kappa shape index (κ2) is 11.8. The van der Waals surface area contributed by atoms with E-state index < -0.39 is 11.8 Å². The second-order valence-electron chi connectivity index (χ2n) is 7.13. The van der Waals surface area contributed by atoms with E-state index in [0.717, 1.165) is 5.56 Å². The van der Waals surface area contributed by atoms with Crippen molar-refractivity contribution in [2.75, 3.05) is 24.4 Å². The third-order valence-corrected chi connectivity index (χ3v) is 4.53. The maximum Gasteiger partial charge on any atom is 0.329 e. The van der Waals surface area contributed by atoms with Crippen LogP contribution in [-0.2, 0) is 14.4 Å². The van der Waals surface area contributed by atoms with Gasteiger partial charge < -0.3 is 20.1 Å². The molecule has 3 rings (SSSR count). The molecule has 0 saturated heterocycles. The van der Waals surface area contributed by atoms with Crippen molar-refractivity contribution in [1.29, 1.82) is 0 Å². The number of hydrogen-bond donors (Lipinski definition) is 3. The molecule has 9 heteroatoms. The maximum absolute atomic E-state index is 12.0. The molecule has 0 spiro atoms. The van der Waals surface area contributed by atoms with Crippen molar-refractivity contribution in [2.24, 2.45) is 5.10 Å². The molecule has 0 radical (unpaired) electrons. The smallest absolute Gasteiger partial charge is 0.329 e. The Labute approximate surface area is 196 Å². The van der Waals surface area contributed by atoms with Crippen LogP contribution in [-0.4, -0.2) is 37.7 Å². The summed E-state index contributed by atoms with van der Waals surface area (Å²) in [7, 11) is 1.46. The Morgan fingerprint density at radius 2 is 1.59 bits per heavy atom. The van der Waals surface area contributed by atoms with Crippen LogP contribution in [0.25, 0.3) is 0 Å². The molecule has 0 atom stereocenters. The highest BCUT2D eigenvalue weighted by molar-refractivity contribution is 6.39. The van der Waals surface area contributed by atoms with Gasteiger partial charge in [-0.3, -0.25) is 14.4 Å². The lowest BCUT2D eigenvalue weighted by molar-refractivity contribution is -0.136. The van der Waals surface area contributed by atoms with E-state index in [1.807, 2.05) is 31.2 Å². The summed E-state index contributed by atoms with van der Waals surface area (Å²) in [5.41, 5.74) is 4.99. The molecule has 0 bridgehead atoms. The number of carbonyl (C=O) groups excluding carboxylic acids is 3. The fraction of sp³-hybridized carbons (Fsp3) is 0.120. The minimum absolute atomic E-state index is 0.140. The lowest BCUT2D eigenvalue weighted by Gasteiger charge is -2.08. The number of benzene rings is 3. The van der Waals surface area contributed by atoms with E-state index in [1.54, 1.807) is 48.5 Å². The molecule has 3 aromatic rings. The fourth-order valence-corrected chi connectivity index (χ4v) is 2.78. The highest BCUT2D eigenvalue weighted by Crippen LogP contribution is 2.22. The Hall–Kier alpha value is -4.66. The van der Waals surface area contributed by atoms with Crippen molar-refractivity contribution in [3.63, 3.8) is 0 Å². The van der Waals surface area contributed by atoms with Crippen molar-refractivity contribution in [1.82, 2.24) is 5.43 Å². The zero-order valence-electron chi connectivity index (χ0n) is 18.7. The summed E-state index contributed by atoms with van der Waals surface area (Å²) < 4.78 is 10.6. The van der Waals surface area contributed by atoms with Gasteiger partial charge in [0.2, 0.25) is 0 Å². The van der Waals surface area contributed by atoms with Gasteiger partial charge in [0.15, 0.2) is 6.61 Å². The number of rotatable bonds is 8. The highest BCUT2D eigenvalue weighted by atomic mass is 16.5.